The highest BCUT2D eigenvalue weighted by Crippen LogP contribution is 2.30. The van der Waals surface area contributed by atoms with Gasteiger partial charge in [0.15, 0.2) is 0 Å². The SMILES string of the molecule is c1cc(CC2CCNCC2)cc(OCC2CC2)c1. The summed E-state index contributed by atoms with van der Waals surface area (Å²) in [6.07, 6.45) is 6.55. The Kier molecular flexibility index (Phi) is 3.84. The first-order chi connectivity index (χ1) is 8.90. The molecule has 0 spiro atoms. The lowest BCUT2D eigenvalue weighted by molar-refractivity contribution is 0.299. The monoisotopic (exact) mass is 245 g/mol. The number of nitrogens with one attached hydrogen (secondary N) is 1. The lowest BCUT2D eigenvalue weighted by Gasteiger charge is -2.22. The van der Waals surface area contributed by atoms with Crippen LogP contribution in [0.25, 0.3) is 0 Å². The minimum atomic E-state index is 0.832. The van der Waals surface area contributed by atoms with Crippen molar-refractivity contribution in [3.8, 4) is 5.75 Å². The fraction of sp³-hybridized carbons (Fsp3) is 0.625. The lowest BCUT2D eigenvalue weighted by atomic mass is 9.91. The largest absolute Gasteiger partial charge is 0.493 e. The first-order valence-corrected chi connectivity index (χ1v) is 7.32. The molecule has 1 aromatic carbocycles. The van der Waals surface area contributed by atoms with Gasteiger partial charge in [-0.05, 0) is 74.7 Å². The van der Waals surface area contributed by atoms with Crippen molar-refractivity contribution in [2.45, 2.75) is 32.1 Å². The summed E-state index contributed by atoms with van der Waals surface area (Å²) >= 11 is 0. The van der Waals surface area contributed by atoms with Gasteiger partial charge in [0, 0.05) is 0 Å². The number of hydrogen-bond acceptors (Lipinski definition) is 2. The lowest BCUT2D eigenvalue weighted by Crippen LogP contribution is -2.28. The van der Waals surface area contributed by atoms with E-state index in [1.165, 1.54) is 50.8 Å². The molecule has 1 heterocycles. The molecule has 3 rings (SSSR count). The summed E-state index contributed by atoms with van der Waals surface area (Å²) in [5.41, 5.74) is 1.44. The summed E-state index contributed by atoms with van der Waals surface area (Å²) in [4.78, 5) is 0. The van der Waals surface area contributed by atoms with Gasteiger partial charge in [-0.3, -0.25) is 0 Å². The highest BCUT2D eigenvalue weighted by atomic mass is 16.5. The fourth-order valence-electron chi connectivity index (χ4n) is 2.68. The smallest absolute Gasteiger partial charge is 0.119 e. The van der Waals surface area contributed by atoms with Crippen LogP contribution in [0.15, 0.2) is 24.3 Å². The minimum Gasteiger partial charge on any atom is -0.493 e. The molecule has 98 valence electrons. The van der Waals surface area contributed by atoms with Gasteiger partial charge in [0.05, 0.1) is 6.61 Å². The Hall–Kier alpha value is -1.02. The first-order valence-electron chi connectivity index (χ1n) is 7.32. The molecule has 1 aliphatic carbocycles. The van der Waals surface area contributed by atoms with Gasteiger partial charge in [0.2, 0.25) is 0 Å². The van der Waals surface area contributed by atoms with Crippen molar-refractivity contribution in [3.05, 3.63) is 29.8 Å². The van der Waals surface area contributed by atoms with Crippen LogP contribution in [-0.4, -0.2) is 19.7 Å². The van der Waals surface area contributed by atoms with Crippen LogP contribution < -0.4 is 10.1 Å². The standard InChI is InChI=1S/C16H23NO/c1-2-15(10-13-6-8-17-9-7-13)11-16(3-1)18-12-14-4-5-14/h1-3,11,13-14,17H,4-10,12H2. The van der Waals surface area contributed by atoms with Crippen LogP contribution in [0.1, 0.15) is 31.2 Å². The van der Waals surface area contributed by atoms with E-state index in [4.69, 9.17) is 4.74 Å². The number of piperidine rings is 1. The van der Waals surface area contributed by atoms with Gasteiger partial charge in [-0.15, -0.1) is 0 Å². The Morgan fingerprint density at radius 1 is 1.06 bits per heavy atom. The van der Waals surface area contributed by atoms with Crippen LogP contribution in [0.4, 0.5) is 0 Å². The number of ether oxygens (including phenoxy) is 1. The summed E-state index contributed by atoms with van der Waals surface area (Å²) in [5, 5.41) is 3.43. The van der Waals surface area contributed by atoms with Gasteiger partial charge in [-0.1, -0.05) is 12.1 Å². The van der Waals surface area contributed by atoms with E-state index in [2.05, 4.69) is 29.6 Å². The van der Waals surface area contributed by atoms with Gasteiger partial charge >= 0.3 is 0 Å². The molecule has 1 aliphatic heterocycles. The minimum absolute atomic E-state index is 0.832. The van der Waals surface area contributed by atoms with Gasteiger partial charge in [-0.25, -0.2) is 0 Å². The summed E-state index contributed by atoms with van der Waals surface area (Å²) in [6, 6.07) is 8.71. The van der Waals surface area contributed by atoms with E-state index in [9.17, 15) is 0 Å². The predicted octanol–water partition coefficient (Wildman–Crippen LogP) is 3.02. The van der Waals surface area contributed by atoms with E-state index < -0.39 is 0 Å². The van der Waals surface area contributed by atoms with Crippen molar-refractivity contribution in [2.24, 2.45) is 11.8 Å². The van der Waals surface area contributed by atoms with Crippen molar-refractivity contribution >= 4 is 0 Å². The van der Waals surface area contributed by atoms with Crippen molar-refractivity contribution in [2.75, 3.05) is 19.7 Å². The van der Waals surface area contributed by atoms with Crippen LogP contribution in [0.5, 0.6) is 5.75 Å². The molecular formula is C16H23NO. The van der Waals surface area contributed by atoms with E-state index in [0.29, 0.717) is 0 Å². The zero-order valence-electron chi connectivity index (χ0n) is 11.0. The molecule has 0 amide bonds. The summed E-state index contributed by atoms with van der Waals surface area (Å²) < 4.78 is 5.85. The molecule has 2 aliphatic rings. The van der Waals surface area contributed by atoms with Gasteiger partial charge in [0.25, 0.3) is 0 Å². The van der Waals surface area contributed by atoms with Crippen molar-refractivity contribution in [3.63, 3.8) is 0 Å². The average molecular weight is 245 g/mol. The van der Waals surface area contributed by atoms with Crippen LogP contribution in [0, 0.1) is 11.8 Å². The first kappa shape index (κ1) is 12.0. The Morgan fingerprint density at radius 3 is 2.67 bits per heavy atom. The van der Waals surface area contributed by atoms with Crippen LogP contribution >= 0.6 is 0 Å². The Labute approximate surface area is 110 Å². The highest BCUT2D eigenvalue weighted by molar-refractivity contribution is 5.29. The Bertz CT molecular complexity index is 380. The topological polar surface area (TPSA) is 21.3 Å². The van der Waals surface area contributed by atoms with E-state index in [1.807, 2.05) is 0 Å². The molecule has 0 radical (unpaired) electrons. The zero-order chi connectivity index (χ0) is 12.2. The third-order valence-corrected chi connectivity index (χ3v) is 4.06. The molecule has 1 aromatic rings. The molecule has 0 bridgehead atoms. The molecule has 18 heavy (non-hydrogen) atoms. The quantitative estimate of drug-likeness (QED) is 0.861. The van der Waals surface area contributed by atoms with E-state index in [1.54, 1.807) is 0 Å². The maximum Gasteiger partial charge on any atom is 0.119 e. The van der Waals surface area contributed by atoms with E-state index in [-0.39, 0.29) is 0 Å². The molecule has 0 aromatic heterocycles. The van der Waals surface area contributed by atoms with Crippen molar-refractivity contribution in [1.29, 1.82) is 0 Å². The van der Waals surface area contributed by atoms with Crippen LogP contribution in [0.3, 0.4) is 0 Å². The highest BCUT2D eigenvalue weighted by Gasteiger charge is 2.22. The van der Waals surface area contributed by atoms with Gasteiger partial charge < -0.3 is 10.1 Å². The second kappa shape index (κ2) is 5.75. The molecule has 1 saturated heterocycles. The van der Waals surface area contributed by atoms with Gasteiger partial charge in [-0.2, -0.15) is 0 Å². The average Bonchev–Trinajstić information content (AvgIpc) is 3.22. The number of rotatable bonds is 5. The summed E-state index contributed by atoms with van der Waals surface area (Å²) in [7, 11) is 0. The van der Waals surface area contributed by atoms with Crippen molar-refractivity contribution < 1.29 is 4.74 Å². The molecule has 0 unspecified atom stereocenters. The van der Waals surface area contributed by atoms with Crippen molar-refractivity contribution in [1.82, 2.24) is 5.32 Å². The molecule has 2 fully saturated rings. The number of hydrogen-bond donors (Lipinski definition) is 1. The third-order valence-electron chi connectivity index (χ3n) is 4.06. The Balaban J connectivity index is 1.55. The molecular weight excluding hydrogens is 222 g/mol. The molecule has 1 saturated carbocycles. The van der Waals surface area contributed by atoms with Gasteiger partial charge in [0.1, 0.15) is 5.75 Å². The van der Waals surface area contributed by atoms with Crippen LogP contribution in [-0.2, 0) is 6.42 Å². The molecule has 0 atom stereocenters. The maximum atomic E-state index is 5.85. The predicted molar refractivity (Wildman–Crippen MR) is 74.0 cm³/mol. The number of benzene rings is 1. The summed E-state index contributed by atoms with van der Waals surface area (Å²) in [5.74, 6) is 2.75. The Morgan fingerprint density at radius 2 is 1.89 bits per heavy atom. The second-order valence-corrected chi connectivity index (χ2v) is 5.80. The van der Waals surface area contributed by atoms with E-state index in [0.717, 1.165) is 24.2 Å². The molecule has 2 heteroatoms. The zero-order valence-corrected chi connectivity index (χ0v) is 11.0. The second-order valence-electron chi connectivity index (χ2n) is 5.80. The maximum absolute atomic E-state index is 5.85. The van der Waals surface area contributed by atoms with Crippen LogP contribution in [0.2, 0.25) is 0 Å². The molecule has 2 nitrogen and oxygen atoms in total. The molecule has 1 N–H and O–H groups in total. The summed E-state index contributed by atoms with van der Waals surface area (Å²) in [6.45, 7) is 3.28. The van der Waals surface area contributed by atoms with E-state index >= 15 is 0 Å². The fourth-order valence-corrected chi connectivity index (χ4v) is 2.68. The normalized spacial score (nSPS) is 20.9. The third kappa shape index (κ3) is 3.49.